The van der Waals surface area contributed by atoms with E-state index in [2.05, 4.69) is 130 Å². The van der Waals surface area contributed by atoms with Gasteiger partial charge in [0.25, 0.3) is 0 Å². The predicted octanol–water partition coefficient (Wildman–Crippen LogP) is 3.55. The van der Waals surface area contributed by atoms with Crippen molar-refractivity contribution in [1.82, 2.24) is 0 Å². The van der Waals surface area contributed by atoms with Crippen molar-refractivity contribution in [3.63, 3.8) is 0 Å². The van der Waals surface area contributed by atoms with E-state index < -0.39 is 0 Å². The van der Waals surface area contributed by atoms with E-state index in [-0.39, 0.29) is 24.8 Å². The van der Waals surface area contributed by atoms with Crippen LogP contribution in [0, 0.1) is 0 Å². The summed E-state index contributed by atoms with van der Waals surface area (Å²) in [4.78, 5) is 0. The molecule has 0 saturated heterocycles. The first-order valence-electron chi connectivity index (χ1n) is 13.9. The van der Waals surface area contributed by atoms with Crippen molar-refractivity contribution in [1.29, 1.82) is 0 Å². The van der Waals surface area contributed by atoms with Gasteiger partial charge in [0, 0.05) is 0 Å². The fraction of sp³-hybridized carbons (Fsp3) is 0.189. The van der Waals surface area contributed by atoms with Gasteiger partial charge in [0.15, 0.2) is 0 Å². The van der Waals surface area contributed by atoms with Gasteiger partial charge in [0.2, 0.25) is 0 Å². The van der Waals surface area contributed by atoms with E-state index >= 15 is 0 Å². The number of halogens is 2. The molecule has 0 fully saturated rings. The first kappa shape index (κ1) is 32.1. The van der Waals surface area contributed by atoms with Crippen LogP contribution in [-0.4, -0.2) is 3.21 Å². The summed E-state index contributed by atoms with van der Waals surface area (Å²) >= 11 is 1.46. The van der Waals surface area contributed by atoms with E-state index in [1.165, 1.54) is 71.2 Å². The van der Waals surface area contributed by atoms with Crippen LogP contribution in [0.15, 0.2) is 109 Å². The van der Waals surface area contributed by atoms with Crippen LogP contribution >= 0.6 is 0 Å². The third-order valence-electron chi connectivity index (χ3n) is 7.68. The van der Waals surface area contributed by atoms with Gasteiger partial charge in [0.1, 0.15) is 0 Å². The quantitative estimate of drug-likeness (QED) is 0.249. The van der Waals surface area contributed by atoms with Gasteiger partial charge in [-0.2, -0.15) is 0 Å². The second-order valence-corrected chi connectivity index (χ2v) is 11.1. The first-order valence-corrected chi connectivity index (χ1v) is 15.1. The predicted molar refractivity (Wildman–Crippen MR) is 163 cm³/mol. The van der Waals surface area contributed by atoms with Gasteiger partial charge in [-0.3, -0.25) is 0 Å². The second-order valence-electron chi connectivity index (χ2n) is 9.82. The summed E-state index contributed by atoms with van der Waals surface area (Å²) in [5, 5.41) is 5.78. The molecule has 0 radical (unpaired) electrons. The van der Waals surface area contributed by atoms with Crippen LogP contribution < -0.4 is 24.8 Å². The van der Waals surface area contributed by atoms with Crippen molar-refractivity contribution >= 4 is 30.3 Å². The molecule has 0 atom stereocenters. The minimum absolute atomic E-state index is 0. The third kappa shape index (κ3) is 6.39. The summed E-state index contributed by atoms with van der Waals surface area (Å²) in [5.41, 5.74) is 10.4. The maximum absolute atomic E-state index is 2.43. The van der Waals surface area contributed by atoms with Crippen LogP contribution in [-0.2, 0) is 43.5 Å². The number of allylic oxidation sites excluding steroid dienone is 4. The van der Waals surface area contributed by atoms with Crippen LogP contribution in [0.3, 0.4) is 0 Å². The normalized spacial score (nSPS) is 11.9. The summed E-state index contributed by atoms with van der Waals surface area (Å²) in [6.45, 7) is 6.94. The molecule has 1 aliphatic carbocycles. The zero-order chi connectivity index (χ0) is 26.5. The molecular weight excluding hydrogens is 607 g/mol. The van der Waals surface area contributed by atoms with Gasteiger partial charge in [0.05, 0.1) is 0 Å². The molecule has 6 rings (SSSR count). The summed E-state index contributed by atoms with van der Waals surface area (Å²) in [7, 11) is 0. The van der Waals surface area contributed by atoms with E-state index in [1.54, 1.807) is 16.7 Å². The minimum atomic E-state index is 0. The number of aryl methyl sites for hydroxylation is 1. The summed E-state index contributed by atoms with van der Waals surface area (Å²) in [6, 6.07) is 32.4. The Morgan fingerprint density at radius 3 is 1.77 bits per heavy atom. The Hall–Kier alpha value is -2.44. The van der Waals surface area contributed by atoms with Gasteiger partial charge in [-0.05, 0) is 25.7 Å². The summed E-state index contributed by atoms with van der Waals surface area (Å²) < 4.78 is 1.42. The van der Waals surface area contributed by atoms with Crippen LogP contribution in [0.5, 0.6) is 0 Å². The number of rotatable bonds is 6. The molecule has 202 valence electrons. The standard InChI is InChI=1S/C24H25.C13H10.2ClH.Zr/c1-4-18-19(5-2)23(16-11-7-8-12-16)22-15-17-13-9-10-14-21(17)24(22)20(18)6-3;1-3-7-12(8-4-1)11-13-9-5-2-6-10-13;;;/h7-11,13-15H,4-6,12H2,1-3H3;1-10H;2*1H;/q-1;;;;+2/p-2. The molecule has 5 aromatic rings. The molecule has 40 heavy (non-hydrogen) atoms. The molecule has 0 heterocycles. The van der Waals surface area contributed by atoms with Crippen LogP contribution in [0.25, 0.3) is 27.1 Å². The van der Waals surface area contributed by atoms with E-state index in [9.17, 15) is 0 Å². The molecule has 0 spiro atoms. The Balaban J connectivity index is 0.000000238. The van der Waals surface area contributed by atoms with Gasteiger partial charge in [-0.25, -0.2) is 0 Å². The number of fused-ring (bicyclic) bond motifs is 3. The van der Waals surface area contributed by atoms with E-state index in [0.29, 0.717) is 0 Å². The van der Waals surface area contributed by atoms with Crippen molar-refractivity contribution in [3.05, 3.63) is 143 Å². The number of benzene rings is 4. The van der Waals surface area contributed by atoms with E-state index in [0.717, 1.165) is 25.7 Å². The topological polar surface area (TPSA) is 0 Å². The molecule has 5 aromatic carbocycles. The zero-order valence-corrected chi connectivity index (χ0v) is 27.4. The molecular formula is C37H35Cl2Zr-. The Kier molecular flexibility index (Phi) is 12.0. The van der Waals surface area contributed by atoms with Crippen molar-refractivity contribution < 1.29 is 49.0 Å². The summed E-state index contributed by atoms with van der Waals surface area (Å²) in [6.07, 6.45) is 11.2. The van der Waals surface area contributed by atoms with Crippen molar-refractivity contribution in [2.45, 2.75) is 46.5 Å². The molecule has 3 heteroatoms. The van der Waals surface area contributed by atoms with E-state index in [4.69, 9.17) is 0 Å². The fourth-order valence-electron chi connectivity index (χ4n) is 5.97. The van der Waals surface area contributed by atoms with Crippen LogP contribution in [0.2, 0.25) is 0 Å². The average Bonchev–Trinajstić information content (AvgIpc) is 3.65. The van der Waals surface area contributed by atoms with E-state index in [1.807, 2.05) is 0 Å². The number of hydrogen-bond acceptors (Lipinski definition) is 0. The maximum atomic E-state index is 2.43. The Bertz CT molecular complexity index is 1600. The molecule has 0 saturated carbocycles. The molecule has 0 nitrogen and oxygen atoms in total. The third-order valence-corrected chi connectivity index (χ3v) is 9.10. The Labute approximate surface area is 266 Å². The van der Waals surface area contributed by atoms with Gasteiger partial charge in [-0.15, -0.1) is 33.7 Å². The molecule has 0 amide bonds. The monoisotopic (exact) mass is 639 g/mol. The molecule has 0 bridgehead atoms. The Morgan fingerprint density at radius 1 is 0.700 bits per heavy atom. The van der Waals surface area contributed by atoms with Gasteiger partial charge >= 0.3 is 99.2 Å². The van der Waals surface area contributed by atoms with Gasteiger partial charge in [-0.1, -0.05) is 85.0 Å². The van der Waals surface area contributed by atoms with Crippen molar-refractivity contribution in [2.75, 3.05) is 0 Å². The first-order chi connectivity index (χ1) is 18.7. The average molecular weight is 642 g/mol. The van der Waals surface area contributed by atoms with Crippen molar-refractivity contribution in [3.8, 4) is 0 Å². The molecule has 0 N–H and O–H groups in total. The van der Waals surface area contributed by atoms with Gasteiger partial charge < -0.3 is 24.8 Å². The van der Waals surface area contributed by atoms with Crippen LogP contribution in [0.1, 0.15) is 60.6 Å². The Morgan fingerprint density at radius 2 is 1.25 bits per heavy atom. The SMILES string of the molecule is CCc1c(CC)c(CC)c2c([cH-]c3ccccc32)c1C1=CC=CC1.[Cl-].[Cl-].[Zr+2]=[C](c1ccccc1)c1ccccc1. The zero-order valence-electron chi connectivity index (χ0n) is 23.5. The molecule has 0 aliphatic heterocycles. The molecule has 1 aliphatic rings. The van der Waals surface area contributed by atoms with Crippen LogP contribution in [0.4, 0.5) is 0 Å². The molecule has 0 unspecified atom stereocenters. The fourth-order valence-corrected chi connectivity index (χ4v) is 6.79. The number of hydrogen-bond donors (Lipinski definition) is 0. The van der Waals surface area contributed by atoms with Crippen molar-refractivity contribution in [2.24, 2.45) is 0 Å². The second kappa shape index (κ2) is 15.0. The molecule has 0 aromatic heterocycles. The summed E-state index contributed by atoms with van der Waals surface area (Å²) in [5.74, 6) is 0.